The largest absolute Gasteiger partial charge is 0.454 e. The molecule has 3 aromatic rings. The molecule has 1 amide bonds. The summed E-state index contributed by atoms with van der Waals surface area (Å²) in [5.41, 5.74) is 5.29. The minimum absolute atomic E-state index is 0.0240. The fourth-order valence-electron chi connectivity index (χ4n) is 4.93. The minimum atomic E-state index is -0.231. The van der Waals surface area contributed by atoms with E-state index in [9.17, 15) is 4.79 Å². The second kappa shape index (κ2) is 8.78. The smallest absolute Gasteiger partial charge is 0.257 e. The lowest BCUT2D eigenvalue weighted by atomic mass is 9.97. The number of hydrazone groups is 1. The quantitative estimate of drug-likeness (QED) is 0.546. The molecule has 0 radical (unpaired) electrons. The number of ether oxygens (including phenoxy) is 2. The Kier molecular flexibility index (Phi) is 5.47. The first-order valence-electron chi connectivity index (χ1n) is 11.5. The second-order valence-electron chi connectivity index (χ2n) is 8.83. The maximum Gasteiger partial charge on any atom is 0.257 e. The topological polar surface area (TPSA) is 54.4 Å². The van der Waals surface area contributed by atoms with Gasteiger partial charge >= 0.3 is 0 Å². The Morgan fingerprint density at radius 2 is 1.79 bits per heavy atom. The number of hydrogen-bond acceptors (Lipinski definition) is 5. The molecule has 7 heteroatoms. The standard InChI is InChI=1S/C27H24ClN3O3/c28-22-8-4-3-7-21(22)23-14-24(19-9-10-25-26(13-19)34-17-33-25)31(29-23)27(32)16-30-12-11-18-5-1-2-6-20(18)15-30/h1-10,13,24H,11-12,14-17H2. The molecule has 0 spiro atoms. The van der Waals surface area contributed by atoms with Crippen molar-refractivity contribution in [2.24, 2.45) is 5.10 Å². The molecule has 0 fully saturated rings. The van der Waals surface area contributed by atoms with Crippen molar-refractivity contribution in [3.05, 3.63) is 94.0 Å². The monoisotopic (exact) mass is 473 g/mol. The van der Waals surface area contributed by atoms with Crippen LogP contribution in [-0.4, -0.2) is 41.4 Å². The van der Waals surface area contributed by atoms with Gasteiger partial charge in [0.15, 0.2) is 11.5 Å². The van der Waals surface area contributed by atoms with Gasteiger partial charge in [-0.25, -0.2) is 5.01 Å². The number of halogens is 1. The van der Waals surface area contributed by atoms with Gasteiger partial charge in [0, 0.05) is 30.1 Å². The van der Waals surface area contributed by atoms with E-state index in [1.165, 1.54) is 11.1 Å². The first-order chi connectivity index (χ1) is 16.7. The van der Waals surface area contributed by atoms with Gasteiger partial charge in [-0.05, 0) is 41.3 Å². The van der Waals surface area contributed by atoms with Gasteiger partial charge in [-0.1, -0.05) is 60.1 Å². The molecule has 0 N–H and O–H groups in total. The van der Waals surface area contributed by atoms with Crippen molar-refractivity contribution in [2.45, 2.75) is 25.4 Å². The van der Waals surface area contributed by atoms with Gasteiger partial charge in [0.05, 0.1) is 18.3 Å². The van der Waals surface area contributed by atoms with Crippen LogP contribution in [0.25, 0.3) is 0 Å². The Labute approximate surface area is 203 Å². The molecule has 34 heavy (non-hydrogen) atoms. The maximum absolute atomic E-state index is 13.6. The molecule has 0 saturated heterocycles. The van der Waals surface area contributed by atoms with Gasteiger partial charge in [-0.3, -0.25) is 9.69 Å². The highest BCUT2D eigenvalue weighted by Crippen LogP contribution is 2.40. The molecule has 3 aromatic carbocycles. The van der Waals surface area contributed by atoms with Crippen LogP contribution >= 0.6 is 11.6 Å². The first-order valence-corrected chi connectivity index (χ1v) is 11.9. The van der Waals surface area contributed by atoms with Crippen LogP contribution in [0.3, 0.4) is 0 Å². The first kappa shape index (κ1) is 21.2. The van der Waals surface area contributed by atoms with Crippen molar-refractivity contribution in [2.75, 3.05) is 19.9 Å². The van der Waals surface area contributed by atoms with Crippen LogP contribution in [0.2, 0.25) is 5.02 Å². The van der Waals surface area contributed by atoms with E-state index in [1.807, 2.05) is 42.5 Å². The fourth-order valence-corrected chi connectivity index (χ4v) is 5.18. The van der Waals surface area contributed by atoms with Crippen LogP contribution < -0.4 is 9.47 Å². The van der Waals surface area contributed by atoms with Crippen molar-refractivity contribution in [3.63, 3.8) is 0 Å². The molecule has 1 unspecified atom stereocenters. The zero-order valence-electron chi connectivity index (χ0n) is 18.6. The van der Waals surface area contributed by atoms with Gasteiger partial charge < -0.3 is 9.47 Å². The zero-order chi connectivity index (χ0) is 23.1. The molecule has 6 nitrogen and oxygen atoms in total. The SMILES string of the molecule is O=C(CN1CCc2ccccc2C1)N1N=C(c2ccccc2Cl)CC1c1ccc2c(c1)OCO2. The number of nitrogens with zero attached hydrogens (tertiary/aromatic N) is 3. The second-order valence-corrected chi connectivity index (χ2v) is 9.23. The minimum Gasteiger partial charge on any atom is -0.454 e. The van der Waals surface area contributed by atoms with Gasteiger partial charge in [0.25, 0.3) is 5.91 Å². The van der Waals surface area contributed by atoms with Crippen molar-refractivity contribution < 1.29 is 14.3 Å². The van der Waals surface area contributed by atoms with E-state index in [1.54, 1.807) is 5.01 Å². The third-order valence-electron chi connectivity index (χ3n) is 6.70. The van der Waals surface area contributed by atoms with Crippen LogP contribution in [-0.2, 0) is 17.8 Å². The summed E-state index contributed by atoms with van der Waals surface area (Å²) >= 11 is 6.48. The molecular weight excluding hydrogens is 450 g/mol. The maximum atomic E-state index is 13.6. The number of rotatable bonds is 4. The van der Waals surface area contributed by atoms with E-state index in [-0.39, 0.29) is 18.7 Å². The number of fused-ring (bicyclic) bond motifs is 2. The normalized spacial score (nSPS) is 19.1. The summed E-state index contributed by atoms with van der Waals surface area (Å²) in [6.45, 7) is 2.15. The average Bonchev–Trinajstić information content (AvgIpc) is 3.51. The van der Waals surface area contributed by atoms with E-state index in [0.717, 1.165) is 42.1 Å². The summed E-state index contributed by atoms with van der Waals surface area (Å²) < 4.78 is 11.1. The Bertz CT molecular complexity index is 1290. The number of amides is 1. The van der Waals surface area contributed by atoms with E-state index in [2.05, 4.69) is 29.2 Å². The number of carbonyl (C=O) groups is 1. The Balaban J connectivity index is 1.29. The summed E-state index contributed by atoms with van der Waals surface area (Å²) in [7, 11) is 0. The lowest BCUT2D eigenvalue weighted by Crippen LogP contribution is -2.40. The predicted molar refractivity (Wildman–Crippen MR) is 130 cm³/mol. The highest BCUT2D eigenvalue weighted by atomic mass is 35.5. The molecule has 3 aliphatic heterocycles. The summed E-state index contributed by atoms with van der Waals surface area (Å²) in [5.74, 6) is 1.40. The predicted octanol–water partition coefficient (Wildman–Crippen LogP) is 4.80. The molecule has 3 aliphatic rings. The highest BCUT2D eigenvalue weighted by Gasteiger charge is 2.35. The van der Waals surface area contributed by atoms with Crippen LogP contribution in [0.5, 0.6) is 11.5 Å². The third kappa shape index (κ3) is 3.93. The van der Waals surface area contributed by atoms with E-state index in [4.69, 9.17) is 26.2 Å². The lowest BCUT2D eigenvalue weighted by molar-refractivity contribution is -0.134. The molecule has 1 atom stereocenters. The van der Waals surface area contributed by atoms with Crippen LogP contribution in [0.1, 0.15) is 34.7 Å². The summed E-state index contributed by atoms with van der Waals surface area (Å²) in [4.78, 5) is 15.8. The van der Waals surface area contributed by atoms with Gasteiger partial charge in [0.2, 0.25) is 6.79 Å². The molecule has 172 valence electrons. The van der Waals surface area contributed by atoms with Crippen LogP contribution in [0.15, 0.2) is 71.8 Å². The third-order valence-corrected chi connectivity index (χ3v) is 7.03. The lowest BCUT2D eigenvalue weighted by Gasteiger charge is -2.30. The van der Waals surface area contributed by atoms with E-state index < -0.39 is 0 Å². The van der Waals surface area contributed by atoms with Gasteiger partial charge in [-0.15, -0.1) is 0 Å². The summed E-state index contributed by atoms with van der Waals surface area (Å²) in [6, 6.07) is 21.7. The van der Waals surface area contributed by atoms with Crippen LogP contribution in [0, 0.1) is 0 Å². The van der Waals surface area contributed by atoms with E-state index in [0.29, 0.717) is 23.7 Å². The van der Waals surface area contributed by atoms with Crippen molar-refractivity contribution in [1.82, 2.24) is 9.91 Å². The molecule has 0 bridgehead atoms. The molecule has 3 heterocycles. The highest BCUT2D eigenvalue weighted by molar-refractivity contribution is 6.34. The average molecular weight is 474 g/mol. The van der Waals surface area contributed by atoms with Crippen molar-refractivity contribution >= 4 is 23.2 Å². The molecular formula is C27H24ClN3O3. The van der Waals surface area contributed by atoms with Gasteiger partial charge in [0.1, 0.15) is 0 Å². The molecule has 0 aliphatic carbocycles. The van der Waals surface area contributed by atoms with Crippen molar-refractivity contribution in [3.8, 4) is 11.5 Å². The summed E-state index contributed by atoms with van der Waals surface area (Å²) in [5, 5.41) is 7.07. The van der Waals surface area contributed by atoms with E-state index >= 15 is 0 Å². The molecule has 0 saturated carbocycles. The Hall–Kier alpha value is -3.35. The zero-order valence-corrected chi connectivity index (χ0v) is 19.4. The number of benzene rings is 3. The van der Waals surface area contributed by atoms with Crippen molar-refractivity contribution in [1.29, 1.82) is 0 Å². The summed E-state index contributed by atoms with van der Waals surface area (Å²) in [6.07, 6.45) is 1.53. The Morgan fingerprint density at radius 3 is 2.68 bits per heavy atom. The number of carbonyl (C=O) groups excluding carboxylic acids is 1. The molecule has 6 rings (SSSR count). The number of hydrogen-bond donors (Lipinski definition) is 0. The Morgan fingerprint density at radius 1 is 1.00 bits per heavy atom. The van der Waals surface area contributed by atoms with Crippen LogP contribution in [0.4, 0.5) is 0 Å². The fraction of sp³-hybridized carbons (Fsp3) is 0.259. The van der Waals surface area contributed by atoms with Gasteiger partial charge in [-0.2, -0.15) is 5.10 Å². The molecule has 0 aromatic heterocycles.